The Bertz CT molecular complexity index is 597. The van der Waals surface area contributed by atoms with Crippen LogP contribution in [0.4, 0.5) is 0 Å². The van der Waals surface area contributed by atoms with Crippen molar-refractivity contribution in [3.8, 4) is 0 Å². The van der Waals surface area contributed by atoms with Gasteiger partial charge in [0, 0.05) is 12.7 Å². The van der Waals surface area contributed by atoms with Gasteiger partial charge in [-0.2, -0.15) is 0 Å². The van der Waals surface area contributed by atoms with Crippen LogP contribution in [0, 0.1) is 0 Å². The summed E-state index contributed by atoms with van der Waals surface area (Å²) in [4.78, 5) is 25.7. The Kier molecular flexibility index (Phi) is 4.91. The van der Waals surface area contributed by atoms with E-state index < -0.39 is 42.3 Å². The summed E-state index contributed by atoms with van der Waals surface area (Å²) in [5.74, 6) is 0. The van der Waals surface area contributed by atoms with Gasteiger partial charge in [0.25, 0.3) is 5.56 Å². The maximum atomic E-state index is 11.9. The number of aromatic amines is 1. The summed E-state index contributed by atoms with van der Waals surface area (Å²) in [7, 11) is 0. The zero-order chi connectivity index (χ0) is 15.6. The van der Waals surface area contributed by atoms with E-state index in [2.05, 4.69) is 4.98 Å². The first-order valence-electron chi connectivity index (χ1n) is 6.65. The van der Waals surface area contributed by atoms with Crippen molar-refractivity contribution in [1.82, 2.24) is 9.55 Å². The summed E-state index contributed by atoms with van der Waals surface area (Å²) in [6.07, 6.45) is -2.91. The van der Waals surface area contributed by atoms with Gasteiger partial charge in [0.2, 0.25) is 0 Å². The predicted octanol–water partition coefficient (Wildman–Crippen LogP) is -2.96. The third kappa shape index (κ3) is 3.06. The van der Waals surface area contributed by atoms with Crippen molar-refractivity contribution in [2.45, 2.75) is 37.4 Å². The predicted molar refractivity (Wildman–Crippen MR) is 71.7 cm³/mol. The van der Waals surface area contributed by atoms with Crippen LogP contribution in [0.1, 0.15) is 18.1 Å². The second kappa shape index (κ2) is 6.50. The smallest absolute Gasteiger partial charge is 0.328 e. The number of hydrogen-bond donors (Lipinski definition) is 5. The Hall–Kier alpha value is -1.52. The number of aryl methyl sites for hydroxylation is 1. The van der Waals surface area contributed by atoms with E-state index in [9.17, 15) is 19.8 Å². The maximum Gasteiger partial charge on any atom is 0.328 e. The van der Waals surface area contributed by atoms with Crippen molar-refractivity contribution in [1.29, 1.82) is 0 Å². The highest BCUT2D eigenvalue weighted by molar-refractivity contribution is 5.14. The molecule has 1 aliphatic rings. The highest BCUT2D eigenvalue weighted by Crippen LogP contribution is 2.31. The van der Waals surface area contributed by atoms with E-state index in [0.717, 1.165) is 0 Å². The van der Waals surface area contributed by atoms with Gasteiger partial charge >= 0.3 is 5.69 Å². The summed E-state index contributed by atoms with van der Waals surface area (Å²) < 4.78 is 6.55. The molecule has 2 rings (SSSR count). The lowest BCUT2D eigenvalue weighted by Crippen LogP contribution is -2.36. The van der Waals surface area contributed by atoms with E-state index in [1.54, 1.807) is 0 Å². The van der Waals surface area contributed by atoms with Crippen LogP contribution in [0.3, 0.4) is 0 Å². The zero-order valence-corrected chi connectivity index (χ0v) is 11.3. The van der Waals surface area contributed by atoms with Gasteiger partial charge < -0.3 is 30.4 Å². The molecule has 21 heavy (non-hydrogen) atoms. The lowest BCUT2D eigenvalue weighted by molar-refractivity contribution is -0.0233. The molecule has 118 valence electrons. The minimum absolute atomic E-state index is 0.0223. The van der Waals surface area contributed by atoms with Gasteiger partial charge in [-0.1, -0.05) is 0 Å². The topological polar surface area (TPSA) is 151 Å². The fourth-order valence-electron chi connectivity index (χ4n) is 2.31. The van der Waals surface area contributed by atoms with Crippen molar-refractivity contribution >= 4 is 0 Å². The van der Waals surface area contributed by atoms with Crippen LogP contribution < -0.4 is 17.0 Å². The number of aliphatic hydroxyl groups excluding tert-OH is 3. The van der Waals surface area contributed by atoms with Crippen molar-refractivity contribution < 1.29 is 20.1 Å². The molecule has 6 N–H and O–H groups in total. The van der Waals surface area contributed by atoms with Crippen molar-refractivity contribution in [2.75, 3.05) is 13.2 Å². The molecule has 1 saturated heterocycles. The van der Waals surface area contributed by atoms with E-state index in [0.29, 0.717) is 19.5 Å². The normalized spacial score (nSPS) is 29.0. The number of aromatic nitrogens is 2. The second-order valence-corrected chi connectivity index (χ2v) is 4.94. The van der Waals surface area contributed by atoms with E-state index in [-0.39, 0.29) is 5.56 Å². The molecule has 1 fully saturated rings. The van der Waals surface area contributed by atoms with E-state index >= 15 is 0 Å². The van der Waals surface area contributed by atoms with Gasteiger partial charge in [0.15, 0.2) is 0 Å². The fraction of sp³-hybridized carbons (Fsp3) is 0.667. The Balaban J connectivity index is 2.35. The van der Waals surface area contributed by atoms with Crippen LogP contribution in [0.25, 0.3) is 0 Å². The third-order valence-corrected chi connectivity index (χ3v) is 3.49. The Morgan fingerprint density at radius 1 is 1.33 bits per heavy atom. The number of nitrogens with zero attached hydrogens (tertiary/aromatic N) is 1. The lowest BCUT2D eigenvalue weighted by Gasteiger charge is -2.15. The number of ether oxygens (including phenoxy) is 1. The molecule has 2 heterocycles. The molecular weight excluding hydrogens is 282 g/mol. The summed E-state index contributed by atoms with van der Waals surface area (Å²) >= 11 is 0. The first-order chi connectivity index (χ1) is 9.99. The molecule has 1 aliphatic heterocycles. The molecule has 1 aromatic heterocycles. The van der Waals surface area contributed by atoms with Crippen molar-refractivity contribution in [3.05, 3.63) is 32.6 Å². The monoisotopic (exact) mass is 301 g/mol. The standard InChI is InChI=1S/C12H19N3O6/c13-2-1-3-15-4-6(11(19)14-12(15)20)10-9(18)8(17)7(5-16)21-10/h4,7-10,16-18H,1-3,5,13H2,(H,14,19,20)/t7-,8+,9?,10+/m1/s1. The quantitative estimate of drug-likeness (QED) is 0.390. The average molecular weight is 301 g/mol. The highest BCUT2D eigenvalue weighted by Gasteiger charge is 2.44. The van der Waals surface area contributed by atoms with Crippen LogP contribution in [0.2, 0.25) is 0 Å². The van der Waals surface area contributed by atoms with Crippen molar-refractivity contribution in [3.63, 3.8) is 0 Å². The number of hydrogen-bond acceptors (Lipinski definition) is 7. The van der Waals surface area contributed by atoms with Crippen LogP contribution in [-0.4, -0.2) is 56.3 Å². The van der Waals surface area contributed by atoms with Gasteiger partial charge in [-0.05, 0) is 13.0 Å². The number of rotatable bonds is 5. The zero-order valence-electron chi connectivity index (χ0n) is 11.3. The first kappa shape index (κ1) is 15.9. The van der Waals surface area contributed by atoms with Crippen LogP contribution in [0.15, 0.2) is 15.8 Å². The van der Waals surface area contributed by atoms with E-state index in [1.807, 2.05) is 0 Å². The third-order valence-electron chi connectivity index (χ3n) is 3.49. The molecule has 0 radical (unpaired) electrons. The molecule has 0 aromatic carbocycles. The summed E-state index contributed by atoms with van der Waals surface area (Å²) in [6.45, 7) is 0.210. The molecule has 1 aromatic rings. The largest absolute Gasteiger partial charge is 0.394 e. The van der Waals surface area contributed by atoms with Crippen molar-refractivity contribution in [2.24, 2.45) is 5.73 Å². The van der Waals surface area contributed by atoms with Gasteiger partial charge in [-0.3, -0.25) is 9.78 Å². The molecule has 1 unspecified atom stereocenters. The SMILES string of the molecule is NCCCn1cc([C@@H]2O[C@H](CO)[C@H](O)C2O)c(=O)[nH]c1=O. The Labute approximate surface area is 119 Å². The molecule has 4 atom stereocenters. The second-order valence-electron chi connectivity index (χ2n) is 4.94. The Morgan fingerprint density at radius 3 is 2.62 bits per heavy atom. The van der Waals surface area contributed by atoms with Crippen LogP contribution >= 0.6 is 0 Å². The van der Waals surface area contributed by atoms with Crippen LogP contribution in [-0.2, 0) is 11.3 Å². The number of H-pyrrole nitrogens is 1. The molecular formula is C12H19N3O6. The fourth-order valence-corrected chi connectivity index (χ4v) is 2.31. The van der Waals surface area contributed by atoms with Gasteiger partial charge in [0.05, 0.1) is 12.2 Å². The molecule has 0 aliphatic carbocycles. The minimum Gasteiger partial charge on any atom is -0.394 e. The number of aliphatic hydroxyl groups is 3. The first-order valence-corrected chi connectivity index (χ1v) is 6.65. The van der Waals surface area contributed by atoms with E-state index in [1.165, 1.54) is 10.8 Å². The minimum atomic E-state index is -1.36. The molecule has 0 amide bonds. The summed E-state index contributed by atoms with van der Waals surface area (Å²) in [6, 6.07) is 0. The molecule has 0 bridgehead atoms. The maximum absolute atomic E-state index is 11.9. The van der Waals surface area contributed by atoms with Crippen LogP contribution in [0.5, 0.6) is 0 Å². The molecule has 0 spiro atoms. The molecule has 0 saturated carbocycles. The van der Waals surface area contributed by atoms with Gasteiger partial charge in [-0.25, -0.2) is 4.79 Å². The molecule has 9 nitrogen and oxygen atoms in total. The summed E-state index contributed by atoms with van der Waals surface area (Å²) in [5, 5.41) is 28.7. The number of nitrogens with one attached hydrogen (secondary N) is 1. The lowest BCUT2D eigenvalue weighted by atomic mass is 10.0. The van der Waals surface area contributed by atoms with Gasteiger partial charge in [-0.15, -0.1) is 0 Å². The summed E-state index contributed by atoms with van der Waals surface area (Å²) in [5.41, 5.74) is 4.13. The highest BCUT2D eigenvalue weighted by atomic mass is 16.6. The average Bonchev–Trinajstić information content (AvgIpc) is 2.74. The number of nitrogens with two attached hydrogens (primary N) is 1. The van der Waals surface area contributed by atoms with Gasteiger partial charge in [0.1, 0.15) is 24.4 Å². The molecule has 9 heteroatoms. The Morgan fingerprint density at radius 2 is 2.05 bits per heavy atom. The van der Waals surface area contributed by atoms with E-state index in [4.69, 9.17) is 15.6 Å².